The van der Waals surface area contributed by atoms with Crippen LogP contribution < -0.4 is 24.6 Å². The topological polar surface area (TPSA) is 62.8 Å². The van der Waals surface area contributed by atoms with Gasteiger partial charge in [0, 0.05) is 84.1 Å². The molecule has 5 rings (SSSR count). The van der Waals surface area contributed by atoms with Crippen molar-refractivity contribution in [2.24, 2.45) is 0 Å². The van der Waals surface area contributed by atoms with E-state index in [1.54, 1.807) is 30.5 Å². The number of rotatable bonds is 6. The molecule has 2 aromatic carbocycles. The Bertz CT molecular complexity index is 1440. The fourth-order valence-corrected chi connectivity index (χ4v) is 4.69. The number of benzene rings is 2. The number of nitrogens with one attached hydrogen (secondary N) is 1. The van der Waals surface area contributed by atoms with Crippen molar-refractivity contribution in [3.05, 3.63) is 71.5 Å². The van der Waals surface area contributed by atoms with Crippen LogP contribution in [0.25, 0.3) is 10.9 Å². The Morgan fingerprint density at radius 2 is 1.55 bits per heavy atom. The van der Waals surface area contributed by atoms with E-state index in [1.807, 2.05) is 29.2 Å². The van der Waals surface area contributed by atoms with Crippen LogP contribution in [0.15, 0.2) is 60.8 Å². The summed E-state index contributed by atoms with van der Waals surface area (Å²) in [6.45, 7) is 2.32. The minimum absolute atomic E-state index is 0.0737. The molecule has 0 bridgehead atoms. The Hall–Kier alpha value is -3.92. The van der Waals surface area contributed by atoms with E-state index < -0.39 is 11.9 Å². The van der Waals surface area contributed by atoms with E-state index in [1.165, 1.54) is 14.2 Å². The number of piperazine rings is 1. The molecule has 1 N–H and O–H groups in total. The van der Waals surface area contributed by atoms with Gasteiger partial charge in [-0.15, -0.1) is 0 Å². The Morgan fingerprint density at radius 3 is 2.21 bits per heavy atom. The number of fused-ring (bicyclic) bond motifs is 1. The average molecular weight is 544 g/mol. The molecule has 0 amide bonds. The number of pyridine rings is 2. The Balaban J connectivity index is 1.40. The number of hydrogen-bond acceptors (Lipinski definition) is 7. The molecule has 7 nitrogen and oxygen atoms in total. The lowest BCUT2D eigenvalue weighted by Gasteiger charge is -2.38. The van der Waals surface area contributed by atoms with E-state index in [-0.39, 0.29) is 5.82 Å². The van der Waals surface area contributed by atoms with Crippen LogP contribution in [0.5, 0.6) is 11.5 Å². The third-order valence-corrected chi connectivity index (χ3v) is 6.63. The second-order valence-corrected chi connectivity index (χ2v) is 9.22. The molecule has 0 unspecified atom stereocenters. The first-order chi connectivity index (χ1) is 18.2. The molecular weight excluding hydrogens is 519 g/mol. The molecule has 0 atom stereocenters. The Morgan fingerprint density at radius 1 is 0.868 bits per heavy atom. The van der Waals surface area contributed by atoms with Crippen LogP contribution in [0.1, 0.15) is 5.69 Å². The van der Waals surface area contributed by atoms with Crippen LogP contribution in [-0.2, 0) is 6.18 Å². The summed E-state index contributed by atoms with van der Waals surface area (Å²) in [5, 5.41) is 4.57. The van der Waals surface area contributed by atoms with Gasteiger partial charge in [-0.05, 0) is 30.3 Å². The van der Waals surface area contributed by atoms with E-state index in [0.717, 1.165) is 22.7 Å². The van der Waals surface area contributed by atoms with Crippen molar-refractivity contribution in [2.75, 3.05) is 55.5 Å². The molecule has 0 saturated carbocycles. The second kappa shape index (κ2) is 10.4. The highest BCUT2D eigenvalue weighted by molar-refractivity contribution is 6.31. The number of alkyl halides is 3. The summed E-state index contributed by atoms with van der Waals surface area (Å²) in [5.74, 6) is 1.08. The van der Waals surface area contributed by atoms with E-state index >= 15 is 0 Å². The van der Waals surface area contributed by atoms with Gasteiger partial charge in [0.15, 0.2) is 0 Å². The van der Waals surface area contributed by atoms with Crippen LogP contribution in [0, 0.1) is 0 Å². The van der Waals surface area contributed by atoms with Crippen LogP contribution in [0.3, 0.4) is 0 Å². The highest BCUT2D eigenvalue weighted by atomic mass is 35.5. The smallest absolute Gasteiger partial charge is 0.433 e. The fraction of sp³-hybridized carbons (Fsp3) is 0.259. The number of hydrogen-bond donors (Lipinski definition) is 1. The molecule has 38 heavy (non-hydrogen) atoms. The summed E-state index contributed by atoms with van der Waals surface area (Å²) >= 11 is 6.12. The molecule has 1 fully saturated rings. The molecule has 0 aliphatic carbocycles. The van der Waals surface area contributed by atoms with Gasteiger partial charge in [0.25, 0.3) is 0 Å². The van der Waals surface area contributed by atoms with Crippen molar-refractivity contribution < 1.29 is 22.6 Å². The van der Waals surface area contributed by atoms with Gasteiger partial charge >= 0.3 is 6.18 Å². The van der Waals surface area contributed by atoms with Crippen LogP contribution in [-0.4, -0.2) is 50.4 Å². The minimum Gasteiger partial charge on any atom is -0.497 e. The lowest BCUT2D eigenvalue weighted by atomic mass is 10.1. The lowest BCUT2D eigenvalue weighted by molar-refractivity contribution is -0.141. The van der Waals surface area contributed by atoms with Crippen molar-refractivity contribution in [1.82, 2.24) is 9.97 Å². The van der Waals surface area contributed by atoms with Gasteiger partial charge in [0.05, 0.1) is 19.7 Å². The summed E-state index contributed by atoms with van der Waals surface area (Å²) < 4.78 is 51.9. The van der Waals surface area contributed by atoms with Crippen molar-refractivity contribution in [1.29, 1.82) is 0 Å². The highest BCUT2D eigenvalue weighted by Crippen LogP contribution is 2.35. The van der Waals surface area contributed by atoms with Crippen molar-refractivity contribution >= 4 is 45.4 Å². The summed E-state index contributed by atoms with van der Waals surface area (Å²) in [4.78, 5) is 12.4. The SMILES string of the molecule is COc1cc(Nc2cc(N3CCN(c4ccnc5cc(Cl)ccc45)CC3)cc(C(F)(F)F)n2)cc(OC)c1. The maximum atomic E-state index is 13.8. The van der Waals surface area contributed by atoms with Gasteiger partial charge in [-0.1, -0.05) is 11.6 Å². The summed E-state index contributed by atoms with van der Waals surface area (Å²) in [6.07, 6.45) is -2.86. The monoisotopic (exact) mass is 543 g/mol. The standard InChI is InChI=1S/C27H25ClF3N5O2/c1-37-20-12-18(13-21(16-20)38-2)33-26-15-19(14-25(34-26)27(29,30)31)35-7-9-36(10-8-35)24-5-6-32-23-11-17(28)3-4-22(23)24/h3-6,11-16H,7-10H2,1-2H3,(H,33,34). The zero-order valence-corrected chi connectivity index (χ0v) is 21.5. The van der Waals surface area contributed by atoms with Crippen LogP contribution in [0.2, 0.25) is 5.02 Å². The van der Waals surface area contributed by atoms with Crippen LogP contribution >= 0.6 is 11.6 Å². The summed E-state index contributed by atoms with van der Waals surface area (Å²) in [5.41, 5.74) is 1.79. The van der Waals surface area contributed by atoms with Crippen LogP contribution in [0.4, 0.5) is 36.1 Å². The number of halogens is 4. The Kier molecular flexibility index (Phi) is 7.07. The molecule has 4 aromatic rings. The maximum absolute atomic E-state index is 13.8. The molecule has 3 heterocycles. The Labute approximate surface area is 222 Å². The van der Waals surface area contributed by atoms with Gasteiger partial charge in [0.2, 0.25) is 0 Å². The van der Waals surface area contributed by atoms with Crippen molar-refractivity contribution in [2.45, 2.75) is 6.18 Å². The first kappa shape index (κ1) is 25.7. The zero-order valence-electron chi connectivity index (χ0n) is 20.7. The molecule has 2 aromatic heterocycles. The number of aromatic nitrogens is 2. The molecule has 0 spiro atoms. The third kappa shape index (κ3) is 5.50. The average Bonchev–Trinajstić information content (AvgIpc) is 2.91. The number of nitrogens with zero attached hydrogens (tertiary/aromatic N) is 4. The fourth-order valence-electron chi connectivity index (χ4n) is 4.52. The molecule has 1 aliphatic rings. The molecule has 1 aliphatic heterocycles. The molecule has 198 valence electrons. The van der Waals surface area contributed by atoms with E-state index in [0.29, 0.717) is 54.1 Å². The molecule has 0 radical (unpaired) electrons. The van der Waals surface area contributed by atoms with Gasteiger partial charge in [-0.3, -0.25) is 4.98 Å². The van der Waals surface area contributed by atoms with Gasteiger partial charge < -0.3 is 24.6 Å². The van der Waals surface area contributed by atoms with E-state index in [2.05, 4.69) is 20.2 Å². The predicted molar refractivity (Wildman–Crippen MR) is 143 cm³/mol. The quantitative estimate of drug-likeness (QED) is 0.302. The normalized spacial score (nSPS) is 14.1. The zero-order chi connectivity index (χ0) is 26.9. The molecule has 1 saturated heterocycles. The first-order valence-electron chi connectivity index (χ1n) is 11.9. The van der Waals surface area contributed by atoms with E-state index in [9.17, 15) is 13.2 Å². The first-order valence-corrected chi connectivity index (χ1v) is 12.2. The molecule has 11 heteroatoms. The molecular formula is C27H25ClF3N5O2. The highest BCUT2D eigenvalue weighted by Gasteiger charge is 2.34. The predicted octanol–water partition coefficient (Wildman–Crippen LogP) is 6.39. The van der Waals surface area contributed by atoms with E-state index in [4.69, 9.17) is 21.1 Å². The van der Waals surface area contributed by atoms with Gasteiger partial charge in [-0.25, -0.2) is 4.98 Å². The third-order valence-electron chi connectivity index (χ3n) is 6.39. The van der Waals surface area contributed by atoms with Gasteiger partial charge in [0.1, 0.15) is 23.0 Å². The van der Waals surface area contributed by atoms with Gasteiger partial charge in [-0.2, -0.15) is 13.2 Å². The number of ether oxygens (including phenoxy) is 2. The number of anilines is 4. The largest absolute Gasteiger partial charge is 0.497 e. The summed E-state index contributed by atoms with van der Waals surface area (Å²) in [6, 6.07) is 15.3. The van der Waals surface area contributed by atoms with Crippen molar-refractivity contribution in [3.8, 4) is 11.5 Å². The summed E-state index contributed by atoms with van der Waals surface area (Å²) in [7, 11) is 3.01. The lowest BCUT2D eigenvalue weighted by Crippen LogP contribution is -2.46. The van der Waals surface area contributed by atoms with Crippen molar-refractivity contribution in [3.63, 3.8) is 0 Å². The maximum Gasteiger partial charge on any atom is 0.433 e. The second-order valence-electron chi connectivity index (χ2n) is 8.79. The number of methoxy groups -OCH3 is 2. The minimum atomic E-state index is -4.60.